The van der Waals surface area contributed by atoms with Crippen molar-refractivity contribution in [2.45, 2.75) is 26.4 Å². The van der Waals surface area contributed by atoms with Gasteiger partial charge in [-0.25, -0.2) is 0 Å². The fourth-order valence-electron chi connectivity index (χ4n) is 1.21. The maximum Gasteiger partial charge on any atom is 0.310 e. The van der Waals surface area contributed by atoms with Crippen molar-refractivity contribution < 1.29 is 14.5 Å². The number of esters is 1. The minimum absolute atomic E-state index is 0.0148. The van der Waals surface area contributed by atoms with Crippen molar-refractivity contribution in [1.82, 2.24) is 0 Å². The predicted molar refractivity (Wildman–Crippen MR) is 58.0 cm³/mol. The Morgan fingerprint density at radius 2 is 1.94 bits per heavy atom. The van der Waals surface area contributed by atoms with Gasteiger partial charge in [-0.1, -0.05) is 12.1 Å². The molecule has 0 saturated carbocycles. The van der Waals surface area contributed by atoms with E-state index < -0.39 is 4.92 Å². The highest BCUT2D eigenvalue weighted by molar-refractivity contribution is 5.72. The number of hydrogen-bond acceptors (Lipinski definition) is 4. The molecule has 0 aromatic heterocycles. The monoisotopic (exact) mass is 223 g/mol. The first-order chi connectivity index (χ1) is 7.49. The zero-order valence-corrected chi connectivity index (χ0v) is 9.17. The average Bonchev–Trinajstić information content (AvgIpc) is 2.16. The van der Waals surface area contributed by atoms with Crippen LogP contribution in [0.4, 0.5) is 5.69 Å². The van der Waals surface area contributed by atoms with Crippen LogP contribution in [0.3, 0.4) is 0 Å². The van der Waals surface area contributed by atoms with Gasteiger partial charge in [-0.15, -0.1) is 0 Å². The molecule has 1 rings (SSSR count). The molecule has 5 heteroatoms. The summed E-state index contributed by atoms with van der Waals surface area (Å²) in [6.07, 6.45) is -0.0125. The first-order valence-electron chi connectivity index (χ1n) is 4.92. The third-order valence-corrected chi connectivity index (χ3v) is 1.86. The summed E-state index contributed by atoms with van der Waals surface area (Å²) in [5.74, 6) is -0.330. The molecular formula is C11H13NO4. The van der Waals surface area contributed by atoms with E-state index in [4.69, 9.17) is 4.74 Å². The molecule has 16 heavy (non-hydrogen) atoms. The normalized spacial score (nSPS) is 10.2. The molecule has 86 valence electrons. The Labute approximate surface area is 93.2 Å². The van der Waals surface area contributed by atoms with E-state index in [1.54, 1.807) is 26.0 Å². The molecule has 0 amide bonds. The number of nitro groups is 1. The third-order valence-electron chi connectivity index (χ3n) is 1.86. The Bertz CT molecular complexity index is 383. The minimum Gasteiger partial charge on any atom is -0.463 e. The summed E-state index contributed by atoms with van der Waals surface area (Å²) in [5.41, 5.74) is 0.720. The highest BCUT2D eigenvalue weighted by Crippen LogP contribution is 2.12. The second kappa shape index (κ2) is 5.25. The van der Waals surface area contributed by atoms with Crippen LogP contribution in [0.2, 0.25) is 0 Å². The molecule has 0 fully saturated rings. The highest BCUT2D eigenvalue weighted by atomic mass is 16.6. The lowest BCUT2D eigenvalue weighted by Crippen LogP contribution is -2.13. The van der Waals surface area contributed by atoms with Gasteiger partial charge in [-0.3, -0.25) is 14.9 Å². The maximum absolute atomic E-state index is 11.3. The van der Waals surface area contributed by atoms with Gasteiger partial charge >= 0.3 is 5.97 Å². The van der Waals surface area contributed by atoms with Crippen LogP contribution < -0.4 is 0 Å². The number of hydrogen-bond donors (Lipinski definition) is 0. The summed E-state index contributed by atoms with van der Waals surface area (Å²) in [7, 11) is 0. The molecule has 0 atom stereocenters. The van der Waals surface area contributed by atoms with E-state index in [0.29, 0.717) is 5.56 Å². The van der Waals surface area contributed by atoms with Gasteiger partial charge in [-0.2, -0.15) is 0 Å². The van der Waals surface area contributed by atoms with Crippen molar-refractivity contribution >= 4 is 11.7 Å². The van der Waals surface area contributed by atoms with Crippen LogP contribution in [-0.4, -0.2) is 17.0 Å². The quantitative estimate of drug-likeness (QED) is 0.445. The van der Waals surface area contributed by atoms with Crippen molar-refractivity contribution in [2.75, 3.05) is 0 Å². The SMILES string of the molecule is CC(C)OC(=O)Cc1ccc([N+](=O)[O-])cc1. The van der Waals surface area contributed by atoms with E-state index in [0.717, 1.165) is 0 Å². The second-order valence-corrected chi connectivity index (χ2v) is 3.64. The molecule has 0 saturated heterocycles. The van der Waals surface area contributed by atoms with Crippen LogP contribution >= 0.6 is 0 Å². The molecule has 5 nitrogen and oxygen atoms in total. The van der Waals surface area contributed by atoms with Crippen molar-refractivity contribution in [3.8, 4) is 0 Å². The molecule has 0 heterocycles. The fraction of sp³-hybridized carbons (Fsp3) is 0.364. The van der Waals surface area contributed by atoms with E-state index >= 15 is 0 Å². The topological polar surface area (TPSA) is 69.4 Å². The van der Waals surface area contributed by atoms with Crippen LogP contribution in [0.15, 0.2) is 24.3 Å². The number of nitrogens with zero attached hydrogens (tertiary/aromatic N) is 1. The number of carbonyl (C=O) groups is 1. The molecule has 0 bridgehead atoms. The average molecular weight is 223 g/mol. The van der Waals surface area contributed by atoms with Gasteiger partial charge in [0.25, 0.3) is 5.69 Å². The lowest BCUT2D eigenvalue weighted by Gasteiger charge is -2.07. The highest BCUT2D eigenvalue weighted by Gasteiger charge is 2.09. The van der Waals surface area contributed by atoms with E-state index in [1.165, 1.54) is 12.1 Å². The van der Waals surface area contributed by atoms with Crippen LogP contribution in [0.5, 0.6) is 0 Å². The van der Waals surface area contributed by atoms with Gasteiger partial charge < -0.3 is 4.74 Å². The smallest absolute Gasteiger partial charge is 0.310 e. The molecule has 0 aliphatic rings. The Morgan fingerprint density at radius 3 is 2.38 bits per heavy atom. The van der Waals surface area contributed by atoms with E-state index in [9.17, 15) is 14.9 Å². The fourth-order valence-corrected chi connectivity index (χ4v) is 1.21. The van der Waals surface area contributed by atoms with Gasteiger partial charge in [0.1, 0.15) is 0 Å². The molecule has 0 aliphatic heterocycles. The number of benzene rings is 1. The molecule has 0 unspecified atom stereocenters. The van der Waals surface area contributed by atoms with Crippen molar-refractivity contribution in [3.63, 3.8) is 0 Å². The summed E-state index contributed by atoms with van der Waals surface area (Å²) >= 11 is 0. The number of rotatable bonds is 4. The standard InChI is InChI=1S/C11H13NO4/c1-8(2)16-11(13)7-9-3-5-10(6-4-9)12(14)15/h3-6,8H,7H2,1-2H3. The van der Waals surface area contributed by atoms with Crippen LogP contribution in [0, 0.1) is 10.1 Å². The summed E-state index contributed by atoms with van der Waals surface area (Å²) in [6, 6.07) is 5.86. The summed E-state index contributed by atoms with van der Waals surface area (Å²) in [6.45, 7) is 3.54. The summed E-state index contributed by atoms with van der Waals surface area (Å²) in [4.78, 5) is 21.2. The van der Waals surface area contributed by atoms with Gasteiger partial charge in [0.2, 0.25) is 0 Å². The Kier molecular flexibility index (Phi) is 3.99. The van der Waals surface area contributed by atoms with Gasteiger partial charge in [0, 0.05) is 12.1 Å². The summed E-state index contributed by atoms with van der Waals surface area (Å²) in [5, 5.41) is 10.4. The Morgan fingerprint density at radius 1 is 1.38 bits per heavy atom. The van der Waals surface area contributed by atoms with E-state index in [1.807, 2.05) is 0 Å². The lowest BCUT2D eigenvalue weighted by atomic mass is 10.1. The molecule has 1 aromatic carbocycles. The van der Waals surface area contributed by atoms with Crippen LogP contribution in [0.25, 0.3) is 0 Å². The second-order valence-electron chi connectivity index (χ2n) is 3.64. The molecular weight excluding hydrogens is 210 g/mol. The molecule has 1 aromatic rings. The maximum atomic E-state index is 11.3. The first-order valence-corrected chi connectivity index (χ1v) is 4.92. The van der Waals surface area contributed by atoms with Gasteiger partial charge in [-0.05, 0) is 19.4 Å². The zero-order chi connectivity index (χ0) is 12.1. The van der Waals surface area contributed by atoms with Gasteiger partial charge in [0.05, 0.1) is 17.4 Å². The Hall–Kier alpha value is -1.91. The van der Waals surface area contributed by atoms with Crippen LogP contribution in [0.1, 0.15) is 19.4 Å². The van der Waals surface area contributed by atoms with Crippen molar-refractivity contribution in [1.29, 1.82) is 0 Å². The Balaban J connectivity index is 2.62. The molecule has 0 spiro atoms. The lowest BCUT2D eigenvalue weighted by molar-refractivity contribution is -0.384. The third kappa shape index (κ3) is 3.68. The molecule has 0 aliphatic carbocycles. The minimum atomic E-state index is -0.476. The molecule has 0 radical (unpaired) electrons. The van der Waals surface area contributed by atoms with E-state index in [2.05, 4.69) is 0 Å². The van der Waals surface area contributed by atoms with Crippen LogP contribution in [-0.2, 0) is 16.0 Å². The largest absolute Gasteiger partial charge is 0.463 e. The van der Waals surface area contributed by atoms with E-state index in [-0.39, 0.29) is 24.2 Å². The van der Waals surface area contributed by atoms with Crippen molar-refractivity contribution in [3.05, 3.63) is 39.9 Å². The predicted octanol–water partition coefficient (Wildman–Crippen LogP) is 2.09. The number of carbonyl (C=O) groups excluding carboxylic acids is 1. The first kappa shape index (κ1) is 12.2. The summed E-state index contributed by atoms with van der Waals surface area (Å²) < 4.78 is 4.96. The van der Waals surface area contributed by atoms with Crippen molar-refractivity contribution in [2.24, 2.45) is 0 Å². The number of ether oxygens (including phenoxy) is 1. The number of nitro benzene ring substituents is 1. The van der Waals surface area contributed by atoms with Gasteiger partial charge in [0.15, 0.2) is 0 Å². The number of non-ortho nitro benzene ring substituents is 1. The zero-order valence-electron chi connectivity index (χ0n) is 9.17. The molecule has 0 N–H and O–H groups in total.